The smallest absolute Gasteiger partial charge is 0.200 e. The monoisotopic (exact) mass is 342 g/mol. The third kappa shape index (κ3) is 2.95. The van der Waals surface area contributed by atoms with E-state index < -0.39 is 0 Å². The molecule has 0 amide bonds. The van der Waals surface area contributed by atoms with E-state index in [0.717, 1.165) is 54.8 Å². The number of piperazine rings is 1. The fourth-order valence-corrected chi connectivity index (χ4v) is 3.38. The summed E-state index contributed by atoms with van der Waals surface area (Å²) < 4.78 is 1.75. The zero-order valence-electron chi connectivity index (χ0n) is 13.6. The van der Waals surface area contributed by atoms with Crippen LogP contribution in [0.4, 0.5) is 5.69 Å². The normalized spacial score (nSPS) is 16.0. The molecule has 3 aromatic rings. The largest absolute Gasteiger partial charge is 0.366 e. The molecule has 1 aliphatic heterocycles. The average molecular weight is 343 g/mol. The van der Waals surface area contributed by atoms with E-state index in [9.17, 15) is 0 Å². The van der Waals surface area contributed by atoms with Gasteiger partial charge in [-0.3, -0.25) is 4.90 Å². The maximum atomic E-state index is 6.28. The van der Waals surface area contributed by atoms with Crippen molar-refractivity contribution in [3.63, 3.8) is 0 Å². The number of aromatic nitrogens is 4. The number of hydrogen-bond donors (Lipinski definition) is 0. The summed E-state index contributed by atoms with van der Waals surface area (Å²) in [6.45, 7) is 6.78. The van der Waals surface area contributed by atoms with Gasteiger partial charge in [0.25, 0.3) is 0 Å². The molecule has 0 atom stereocenters. The van der Waals surface area contributed by atoms with Gasteiger partial charge in [0.1, 0.15) is 6.33 Å². The SMILES string of the molecule is Cc1cc(N2CCN(Cc3ccccc3Cl)CC2)c2nncn2n1. The van der Waals surface area contributed by atoms with Gasteiger partial charge in [-0.25, -0.2) is 0 Å². The van der Waals surface area contributed by atoms with Crippen LogP contribution in [-0.2, 0) is 6.54 Å². The number of nitrogens with zero attached hydrogens (tertiary/aromatic N) is 6. The molecule has 2 aromatic heterocycles. The molecular formula is C17H19ClN6. The maximum absolute atomic E-state index is 6.28. The van der Waals surface area contributed by atoms with Crippen molar-refractivity contribution in [1.82, 2.24) is 24.7 Å². The minimum absolute atomic E-state index is 0.820. The highest BCUT2D eigenvalue weighted by Crippen LogP contribution is 2.23. The van der Waals surface area contributed by atoms with Crippen molar-refractivity contribution in [3.8, 4) is 0 Å². The van der Waals surface area contributed by atoms with Crippen LogP contribution in [0.5, 0.6) is 0 Å². The Bertz CT molecular complexity index is 853. The lowest BCUT2D eigenvalue weighted by molar-refractivity contribution is 0.250. The molecule has 1 aromatic carbocycles. The highest BCUT2D eigenvalue weighted by atomic mass is 35.5. The predicted octanol–water partition coefficient (Wildman–Crippen LogP) is 2.41. The molecule has 0 N–H and O–H groups in total. The van der Waals surface area contributed by atoms with Crippen molar-refractivity contribution in [2.24, 2.45) is 0 Å². The molecule has 0 aliphatic carbocycles. The predicted molar refractivity (Wildman–Crippen MR) is 94.5 cm³/mol. The molecule has 0 saturated carbocycles. The highest BCUT2D eigenvalue weighted by molar-refractivity contribution is 6.31. The Kier molecular flexibility index (Phi) is 4.08. The van der Waals surface area contributed by atoms with Crippen molar-refractivity contribution >= 4 is 22.9 Å². The zero-order valence-corrected chi connectivity index (χ0v) is 14.3. The van der Waals surface area contributed by atoms with Gasteiger partial charge in [0.15, 0.2) is 0 Å². The van der Waals surface area contributed by atoms with Gasteiger partial charge in [0, 0.05) is 37.7 Å². The summed E-state index contributed by atoms with van der Waals surface area (Å²) in [5.74, 6) is 0. The van der Waals surface area contributed by atoms with Crippen LogP contribution in [0.3, 0.4) is 0 Å². The van der Waals surface area contributed by atoms with Crippen LogP contribution in [0.2, 0.25) is 5.02 Å². The third-order valence-electron chi connectivity index (χ3n) is 4.44. The van der Waals surface area contributed by atoms with Crippen molar-refractivity contribution < 1.29 is 0 Å². The highest BCUT2D eigenvalue weighted by Gasteiger charge is 2.21. The van der Waals surface area contributed by atoms with E-state index in [4.69, 9.17) is 11.6 Å². The number of benzene rings is 1. The van der Waals surface area contributed by atoms with Crippen LogP contribution < -0.4 is 4.90 Å². The molecular weight excluding hydrogens is 324 g/mol. The maximum Gasteiger partial charge on any atom is 0.200 e. The molecule has 4 rings (SSSR count). The van der Waals surface area contributed by atoms with Crippen molar-refractivity contribution in [2.45, 2.75) is 13.5 Å². The standard InChI is InChI=1S/C17H19ClN6/c1-13-10-16(17-20-19-12-24(17)21-13)23-8-6-22(7-9-23)11-14-4-2-3-5-15(14)18/h2-5,10,12H,6-9,11H2,1H3. The van der Waals surface area contributed by atoms with E-state index in [1.165, 1.54) is 5.56 Å². The van der Waals surface area contributed by atoms with E-state index in [1.807, 2.05) is 25.1 Å². The summed E-state index contributed by atoms with van der Waals surface area (Å²) >= 11 is 6.28. The molecule has 1 saturated heterocycles. The second-order valence-electron chi connectivity index (χ2n) is 6.12. The average Bonchev–Trinajstić information content (AvgIpc) is 3.05. The first-order chi connectivity index (χ1) is 11.7. The van der Waals surface area contributed by atoms with Gasteiger partial charge in [-0.1, -0.05) is 29.8 Å². The van der Waals surface area contributed by atoms with E-state index in [2.05, 4.69) is 37.2 Å². The van der Waals surface area contributed by atoms with E-state index in [-0.39, 0.29) is 0 Å². The summed E-state index contributed by atoms with van der Waals surface area (Å²) in [6.07, 6.45) is 1.65. The van der Waals surface area contributed by atoms with Gasteiger partial charge in [0.2, 0.25) is 5.65 Å². The van der Waals surface area contributed by atoms with Crippen LogP contribution in [-0.4, -0.2) is 50.9 Å². The fourth-order valence-electron chi connectivity index (χ4n) is 3.18. The van der Waals surface area contributed by atoms with Crippen LogP contribution in [0, 0.1) is 6.92 Å². The minimum Gasteiger partial charge on any atom is -0.366 e. The topological polar surface area (TPSA) is 49.6 Å². The lowest BCUT2D eigenvalue weighted by atomic mass is 10.2. The van der Waals surface area contributed by atoms with Crippen LogP contribution in [0.1, 0.15) is 11.3 Å². The van der Waals surface area contributed by atoms with Crippen molar-refractivity contribution in [1.29, 1.82) is 0 Å². The Balaban J connectivity index is 1.48. The quantitative estimate of drug-likeness (QED) is 0.731. The van der Waals surface area contributed by atoms with Gasteiger partial charge in [0.05, 0.1) is 11.4 Å². The first kappa shape index (κ1) is 15.4. The summed E-state index contributed by atoms with van der Waals surface area (Å²) in [4.78, 5) is 4.80. The summed E-state index contributed by atoms with van der Waals surface area (Å²) in [7, 11) is 0. The molecule has 6 nitrogen and oxygen atoms in total. The Labute approximate surface area is 145 Å². The Morgan fingerprint density at radius 2 is 1.92 bits per heavy atom. The zero-order chi connectivity index (χ0) is 16.5. The second kappa shape index (κ2) is 6.37. The Hall–Kier alpha value is -2.18. The fraction of sp³-hybridized carbons (Fsp3) is 0.353. The Morgan fingerprint density at radius 3 is 2.71 bits per heavy atom. The summed E-state index contributed by atoms with van der Waals surface area (Å²) in [6, 6.07) is 10.2. The van der Waals surface area contributed by atoms with Gasteiger partial charge < -0.3 is 4.90 Å². The molecule has 3 heterocycles. The summed E-state index contributed by atoms with van der Waals surface area (Å²) in [5.41, 5.74) is 4.08. The first-order valence-electron chi connectivity index (χ1n) is 8.09. The van der Waals surface area contributed by atoms with Gasteiger partial charge >= 0.3 is 0 Å². The van der Waals surface area contributed by atoms with Crippen LogP contribution in [0.25, 0.3) is 5.65 Å². The van der Waals surface area contributed by atoms with Crippen molar-refractivity contribution in [3.05, 3.63) is 52.9 Å². The number of aryl methyl sites for hydroxylation is 1. The second-order valence-corrected chi connectivity index (χ2v) is 6.53. The van der Waals surface area contributed by atoms with E-state index in [1.54, 1.807) is 10.8 Å². The molecule has 124 valence electrons. The number of fused-ring (bicyclic) bond motifs is 1. The molecule has 24 heavy (non-hydrogen) atoms. The molecule has 0 radical (unpaired) electrons. The first-order valence-corrected chi connectivity index (χ1v) is 8.47. The lowest BCUT2D eigenvalue weighted by Crippen LogP contribution is -2.46. The molecule has 0 spiro atoms. The van der Waals surface area contributed by atoms with Crippen LogP contribution >= 0.6 is 11.6 Å². The molecule has 1 aliphatic rings. The van der Waals surface area contributed by atoms with Gasteiger partial charge in [-0.2, -0.15) is 9.61 Å². The van der Waals surface area contributed by atoms with E-state index >= 15 is 0 Å². The molecule has 7 heteroatoms. The minimum atomic E-state index is 0.820. The number of rotatable bonds is 3. The van der Waals surface area contributed by atoms with E-state index in [0.29, 0.717) is 0 Å². The Morgan fingerprint density at radius 1 is 1.12 bits per heavy atom. The number of halogens is 1. The summed E-state index contributed by atoms with van der Waals surface area (Å²) in [5, 5.41) is 13.4. The molecule has 0 unspecified atom stereocenters. The van der Waals surface area contributed by atoms with Crippen LogP contribution in [0.15, 0.2) is 36.7 Å². The van der Waals surface area contributed by atoms with Gasteiger partial charge in [-0.15, -0.1) is 10.2 Å². The lowest BCUT2D eigenvalue weighted by Gasteiger charge is -2.36. The third-order valence-corrected chi connectivity index (χ3v) is 4.80. The number of anilines is 1. The number of hydrogen-bond acceptors (Lipinski definition) is 5. The van der Waals surface area contributed by atoms with Gasteiger partial charge in [-0.05, 0) is 24.6 Å². The van der Waals surface area contributed by atoms with Crippen molar-refractivity contribution in [2.75, 3.05) is 31.1 Å². The molecule has 1 fully saturated rings. The molecule has 0 bridgehead atoms.